The highest BCUT2D eigenvalue weighted by atomic mass is 35.5. The second-order valence-corrected chi connectivity index (χ2v) is 3.58. The van der Waals surface area contributed by atoms with Gasteiger partial charge in [0.1, 0.15) is 16.5 Å². The molecule has 17 heavy (non-hydrogen) atoms. The van der Waals surface area contributed by atoms with Crippen molar-refractivity contribution in [1.29, 1.82) is 0 Å². The fourth-order valence-electron chi connectivity index (χ4n) is 1.48. The summed E-state index contributed by atoms with van der Waals surface area (Å²) in [5.74, 6) is 0.387. The summed E-state index contributed by atoms with van der Waals surface area (Å²) in [5.41, 5.74) is 0.749. The molecule has 94 valence electrons. The maximum atomic E-state index is 11.8. The van der Waals surface area contributed by atoms with Crippen molar-refractivity contribution in [3.8, 4) is 0 Å². The minimum Gasteiger partial charge on any atom is -0.462 e. The van der Waals surface area contributed by atoms with Gasteiger partial charge in [-0.3, -0.25) is 4.99 Å². The van der Waals surface area contributed by atoms with Crippen molar-refractivity contribution >= 4 is 28.6 Å². The van der Waals surface area contributed by atoms with E-state index in [0.717, 1.165) is 0 Å². The van der Waals surface area contributed by atoms with E-state index in [4.69, 9.17) is 20.8 Å². The molecule has 0 saturated heterocycles. The Kier molecular flexibility index (Phi) is 4.57. The Morgan fingerprint density at radius 2 is 2.18 bits per heavy atom. The van der Waals surface area contributed by atoms with Gasteiger partial charge in [0.05, 0.1) is 12.2 Å². The summed E-state index contributed by atoms with van der Waals surface area (Å²) in [6.45, 7) is 3.70. The Bertz CT molecular complexity index is 452. The second-order valence-electron chi connectivity index (χ2n) is 3.22. The third kappa shape index (κ3) is 2.61. The number of furan rings is 1. The molecule has 0 radical (unpaired) electrons. The molecule has 6 heteroatoms. The SMILES string of the molecule is CCOC(=O)c1c(C)oc(NC)c1C(Cl)=NC. The van der Waals surface area contributed by atoms with E-state index in [1.54, 1.807) is 27.9 Å². The molecular weight excluding hydrogens is 244 g/mol. The molecule has 0 fully saturated rings. The largest absolute Gasteiger partial charge is 0.462 e. The topological polar surface area (TPSA) is 63.8 Å². The minimum atomic E-state index is -0.466. The van der Waals surface area contributed by atoms with Gasteiger partial charge in [-0.05, 0) is 13.8 Å². The van der Waals surface area contributed by atoms with Gasteiger partial charge in [-0.2, -0.15) is 0 Å². The van der Waals surface area contributed by atoms with Crippen LogP contribution < -0.4 is 5.32 Å². The summed E-state index contributed by atoms with van der Waals surface area (Å²) >= 11 is 5.98. The molecule has 0 bridgehead atoms. The van der Waals surface area contributed by atoms with Crippen LogP contribution in [0.4, 0.5) is 5.88 Å². The van der Waals surface area contributed by atoms with Crippen LogP contribution in [-0.4, -0.2) is 31.8 Å². The van der Waals surface area contributed by atoms with Gasteiger partial charge < -0.3 is 14.5 Å². The molecule has 0 aliphatic carbocycles. The number of esters is 1. The normalized spacial score (nSPS) is 11.5. The molecule has 0 aromatic carbocycles. The minimum absolute atomic E-state index is 0.203. The monoisotopic (exact) mass is 258 g/mol. The maximum absolute atomic E-state index is 11.8. The fraction of sp³-hybridized carbons (Fsp3) is 0.455. The van der Waals surface area contributed by atoms with Gasteiger partial charge in [-0.1, -0.05) is 11.6 Å². The lowest BCUT2D eigenvalue weighted by Gasteiger charge is -2.03. The number of anilines is 1. The smallest absolute Gasteiger partial charge is 0.342 e. The lowest BCUT2D eigenvalue weighted by atomic mass is 10.1. The van der Waals surface area contributed by atoms with E-state index < -0.39 is 5.97 Å². The third-order valence-corrected chi connectivity index (χ3v) is 2.55. The second kappa shape index (κ2) is 5.72. The predicted octanol–water partition coefficient (Wildman–Crippen LogP) is 2.42. The molecule has 0 aliphatic rings. The Morgan fingerprint density at radius 3 is 2.65 bits per heavy atom. The number of ether oxygens (including phenoxy) is 1. The van der Waals surface area contributed by atoms with E-state index in [-0.39, 0.29) is 5.17 Å². The Morgan fingerprint density at radius 1 is 1.53 bits per heavy atom. The van der Waals surface area contributed by atoms with E-state index in [9.17, 15) is 4.79 Å². The number of nitrogens with zero attached hydrogens (tertiary/aromatic N) is 1. The molecule has 0 spiro atoms. The van der Waals surface area contributed by atoms with Gasteiger partial charge in [0, 0.05) is 14.1 Å². The summed E-state index contributed by atoms with van der Waals surface area (Å²) in [7, 11) is 3.22. The van der Waals surface area contributed by atoms with Crippen molar-refractivity contribution in [3.05, 3.63) is 16.9 Å². The van der Waals surface area contributed by atoms with Gasteiger partial charge >= 0.3 is 5.97 Å². The average molecular weight is 259 g/mol. The van der Waals surface area contributed by atoms with Crippen LogP contribution in [0.1, 0.15) is 28.6 Å². The van der Waals surface area contributed by atoms with E-state index >= 15 is 0 Å². The first kappa shape index (κ1) is 13.6. The summed E-state index contributed by atoms with van der Waals surface area (Å²) in [6, 6.07) is 0. The van der Waals surface area contributed by atoms with Gasteiger partial charge in [0.15, 0.2) is 0 Å². The van der Waals surface area contributed by atoms with Crippen LogP contribution in [0.15, 0.2) is 9.41 Å². The van der Waals surface area contributed by atoms with Crippen molar-refractivity contribution in [2.75, 3.05) is 26.0 Å². The molecule has 0 unspecified atom stereocenters. The lowest BCUT2D eigenvalue weighted by molar-refractivity contribution is 0.0524. The number of nitrogens with one attached hydrogen (secondary N) is 1. The molecule has 1 aromatic rings. The molecule has 1 aromatic heterocycles. The molecule has 0 saturated carbocycles. The number of aliphatic imine (C=N–C) groups is 1. The van der Waals surface area contributed by atoms with Crippen molar-refractivity contribution in [1.82, 2.24) is 0 Å². The molecule has 0 amide bonds. The predicted molar refractivity (Wildman–Crippen MR) is 67.3 cm³/mol. The Labute approximate surface area is 105 Å². The van der Waals surface area contributed by atoms with Crippen molar-refractivity contribution in [3.63, 3.8) is 0 Å². The summed E-state index contributed by atoms with van der Waals surface area (Å²) in [5, 5.41) is 3.03. The lowest BCUT2D eigenvalue weighted by Crippen LogP contribution is -2.10. The molecule has 1 rings (SSSR count). The number of aryl methyl sites for hydroxylation is 1. The van der Waals surface area contributed by atoms with E-state index in [2.05, 4.69) is 10.3 Å². The highest BCUT2D eigenvalue weighted by Gasteiger charge is 2.26. The average Bonchev–Trinajstić information content (AvgIpc) is 2.65. The van der Waals surface area contributed by atoms with Crippen LogP contribution in [-0.2, 0) is 4.74 Å². The number of hydrogen-bond donors (Lipinski definition) is 1. The van der Waals surface area contributed by atoms with Crippen LogP contribution >= 0.6 is 11.6 Å². The number of carbonyl (C=O) groups excluding carboxylic acids is 1. The van der Waals surface area contributed by atoms with Crippen LogP contribution in [0.2, 0.25) is 0 Å². The van der Waals surface area contributed by atoms with Crippen molar-refractivity contribution in [2.24, 2.45) is 4.99 Å². The molecule has 1 N–H and O–H groups in total. The third-order valence-electron chi connectivity index (χ3n) is 2.19. The zero-order chi connectivity index (χ0) is 13.0. The molecule has 1 heterocycles. The van der Waals surface area contributed by atoms with E-state index in [0.29, 0.717) is 29.4 Å². The van der Waals surface area contributed by atoms with E-state index in [1.165, 1.54) is 0 Å². The fourth-order valence-corrected chi connectivity index (χ4v) is 1.66. The zero-order valence-corrected chi connectivity index (χ0v) is 11.0. The molecule has 0 aliphatic heterocycles. The molecular formula is C11H15ClN2O3. The Balaban J connectivity index is 3.37. The maximum Gasteiger partial charge on any atom is 0.342 e. The van der Waals surface area contributed by atoms with Gasteiger partial charge in [0.2, 0.25) is 5.88 Å². The zero-order valence-electron chi connectivity index (χ0n) is 10.3. The first-order valence-electron chi connectivity index (χ1n) is 5.17. The van der Waals surface area contributed by atoms with Crippen LogP contribution in [0, 0.1) is 6.92 Å². The Hall–Kier alpha value is -1.49. The standard InChI is InChI=1S/C11H15ClN2O3/c1-5-16-11(15)7-6(2)17-10(14-4)8(7)9(12)13-3/h14H,5H2,1-4H3. The van der Waals surface area contributed by atoms with Crippen LogP contribution in [0.25, 0.3) is 0 Å². The van der Waals surface area contributed by atoms with Crippen LogP contribution in [0.5, 0.6) is 0 Å². The number of carbonyl (C=O) groups is 1. The number of rotatable bonds is 4. The van der Waals surface area contributed by atoms with Crippen LogP contribution in [0.3, 0.4) is 0 Å². The first-order chi connectivity index (χ1) is 8.06. The summed E-state index contributed by atoms with van der Waals surface area (Å²) in [6.07, 6.45) is 0. The molecule has 5 nitrogen and oxygen atoms in total. The quantitative estimate of drug-likeness (QED) is 0.665. The highest BCUT2D eigenvalue weighted by molar-refractivity contribution is 6.70. The molecule has 0 atom stereocenters. The van der Waals surface area contributed by atoms with Crippen molar-refractivity contribution < 1.29 is 13.9 Å². The summed E-state index contributed by atoms with van der Waals surface area (Å²) < 4.78 is 10.4. The van der Waals surface area contributed by atoms with Gasteiger partial charge in [-0.15, -0.1) is 0 Å². The number of halogens is 1. The van der Waals surface area contributed by atoms with E-state index in [1.807, 2.05) is 0 Å². The van der Waals surface area contributed by atoms with Gasteiger partial charge in [0.25, 0.3) is 0 Å². The number of hydrogen-bond acceptors (Lipinski definition) is 5. The highest BCUT2D eigenvalue weighted by Crippen LogP contribution is 2.29. The first-order valence-corrected chi connectivity index (χ1v) is 5.55. The van der Waals surface area contributed by atoms with Crippen molar-refractivity contribution in [2.45, 2.75) is 13.8 Å². The van der Waals surface area contributed by atoms with Gasteiger partial charge in [-0.25, -0.2) is 4.79 Å². The summed E-state index contributed by atoms with van der Waals surface area (Å²) in [4.78, 5) is 15.7.